The second-order valence-corrected chi connectivity index (χ2v) is 8.41. The van der Waals surface area contributed by atoms with E-state index < -0.39 is 10.0 Å². The Kier molecular flexibility index (Phi) is 4.08. The molecule has 0 amide bonds. The quantitative estimate of drug-likeness (QED) is 0.858. The van der Waals surface area contributed by atoms with Gasteiger partial charge in [-0.25, -0.2) is 12.7 Å². The van der Waals surface area contributed by atoms with E-state index in [4.69, 9.17) is 0 Å². The Labute approximate surface area is 127 Å². The van der Waals surface area contributed by atoms with Crippen LogP contribution in [0, 0.1) is 0 Å². The molecule has 2 aliphatic heterocycles. The minimum absolute atomic E-state index is 0.127. The molecule has 0 aromatic heterocycles. The van der Waals surface area contributed by atoms with Gasteiger partial charge < -0.3 is 0 Å². The predicted octanol–water partition coefficient (Wildman–Crippen LogP) is 2.03. The number of nitrogens with zero attached hydrogens (tertiary/aromatic N) is 2. The lowest BCUT2D eigenvalue weighted by Gasteiger charge is -2.45. The summed E-state index contributed by atoms with van der Waals surface area (Å²) < 4.78 is 25.8. The molecule has 1 saturated heterocycles. The monoisotopic (exact) mass is 308 g/mol. The lowest BCUT2D eigenvalue weighted by molar-refractivity contribution is 0.0970. The first-order valence-electron chi connectivity index (χ1n) is 7.80. The second kappa shape index (κ2) is 5.71. The van der Waals surface area contributed by atoms with Crippen molar-refractivity contribution < 1.29 is 8.42 Å². The molecule has 2 atom stereocenters. The van der Waals surface area contributed by atoms with Crippen molar-refractivity contribution in [3.05, 3.63) is 35.4 Å². The van der Waals surface area contributed by atoms with Gasteiger partial charge in [-0.3, -0.25) is 4.90 Å². The molecule has 116 valence electrons. The summed E-state index contributed by atoms with van der Waals surface area (Å²) in [5.41, 5.74) is 2.83. The number of benzene rings is 1. The maximum atomic E-state index is 12.1. The largest absolute Gasteiger partial charge is 0.296 e. The summed E-state index contributed by atoms with van der Waals surface area (Å²) in [5.74, 6) is 0.185. The molecule has 2 aliphatic rings. The molecule has 0 N–H and O–H groups in total. The van der Waals surface area contributed by atoms with E-state index in [1.54, 1.807) is 18.3 Å². The fraction of sp³-hybridized carbons (Fsp3) is 0.625. The molecule has 1 aromatic carbocycles. The van der Waals surface area contributed by atoms with Crippen molar-refractivity contribution in [1.29, 1.82) is 0 Å². The van der Waals surface area contributed by atoms with Crippen LogP contribution in [-0.4, -0.2) is 49.6 Å². The fourth-order valence-electron chi connectivity index (χ4n) is 3.70. The Morgan fingerprint density at radius 3 is 2.81 bits per heavy atom. The van der Waals surface area contributed by atoms with Gasteiger partial charge in [-0.1, -0.05) is 24.3 Å². The Balaban J connectivity index is 1.84. The molecule has 5 heteroatoms. The molecule has 0 radical (unpaired) electrons. The van der Waals surface area contributed by atoms with Crippen LogP contribution in [0.3, 0.4) is 0 Å². The van der Waals surface area contributed by atoms with Crippen molar-refractivity contribution >= 4 is 10.0 Å². The van der Waals surface area contributed by atoms with Crippen molar-refractivity contribution in [2.45, 2.75) is 38.3 Å². The van der Waals surface area contributed by atoms with E-state index in [-0.39, 0.29) is 11.8 Å². The van der Waals surface area contributed by atoms with Gasteiger partial charge in [0, 0.05) is 32.2 Å². The van der Waals surface area contributed by atoms with Crippen molar-refractivity contribution in [2.24, 2.45) is 0 Å². The number of hydrogen-bond donors (Lipinski definition) is 0. The average molecular weight is 308 g/mol. The van der Waals surface area contributed by atoms with Crippen LogP contribution in [0.2, 0.25) is 0 Å². The predicted molar refractivity (Wildman–Crippen MR) is 84.7 cm³/mol. The SMILES string of the molecule is CCS(=O)(=O)N(C)C1CCN2CCc3ccccc3C2C1. The molecule has 0 bridgehead atoms. The molecule has 21 heavy (non-hydrogen) atoms. The Bertz CT molecular complexity index is 614. The van der Waals surface area contributed by atoms with Gasteiger partial charge in [-0.2, -0.15) is 0 Å². The van der Waals surface area contributed by atoms with E-state index in [2.05, 4.69) is 29.2 Å². The third-order valence-corrected chi connectivity index (χ3v) is 6.99. The van der Waals surface area contributed by atoms with Gasteiger partial charge >= 0.3 is 0 Å². The van der Waals surface area contributed by atoms with Crippen molar-refractivity contribution in [2.75, 3.05) is 25.9 Å². The highest BCUT2D eigenvalue weighted by Crippen LogP contribution is 2.38. The zero-order chi connectivity index (χ0) is 15.0. The number of sulfonamides is 1. The Morgan fingerprint density at radius 1 is 1.29 bits per heavy atom. The molecule has 0 saturated carbocycles. The molecule has 1 aromatic rings. The first-order chi connectivity index (χ1) is 10.0. The van der Waals surface area contributed by atoms with Crippen LogP contribution in [0.25, 0.3) is 0 Å². The molecule has 0 spiro atoms. The van der Waals surface area contributed by atoms with Crippen LogP contribution < -0.4 is 0 Å². The van der Waals surface area contributed by atoms with E-state index in [1.807, 2.05) is 0 Å². The summed E-state index contributed by atoms with van der Waals surface area (Å²) in [5, 5.41) is 0. The van der Waals surface area contributed by atoms with Crippen molar-refractivity contribution in [3.8, 4) is 0 Å². The molecule has 2 unspecified atom stereocenters. The van der Waals surface area contributed by atoms with Gasteiger partial charge in [0.15, 0.2) is 0 Å². The fourth-order valence-corrected chi connectivity index (χ4v) is 4.75. The van der Waals surface area contributed by atoms with Crippen molar-refractivity contribution in [3.63, 3.8) is 0 Å². The molecule has 3 rings (SSSR count). The summed E-state index contributed by atoms with van der Waals surface area (Å²) >= 11 is 0. The van der Waals surface area contributed by atoms with Crippen LogP contribution in [0.1, 0.15) is 36.9 Å². The van der Waals surface area contributed by atoms with Gasteiger partial charge in [0.1, 0.15) is 0 Å². The summed E-state index contributed by atoms with van der Waals surface area (Å²) in [4.78, 5) is 2.52. The van der Waals surface area contributed by atoms with Crippen LogP contribution >= 0.6 is 0 Å². The summed E-state index contributed by atoms with van der Waals surface area (Å²) in [6.45, 7) is 3.81. The van der Waals surface area contributed by atoms with E-state index >= 15 is 0 Å². The van der Waals surface area contributed by atoms with E-state index in [1.165, 1.54) is 11.1 Å². The molecule has 2 heterocycles. The van der Waals surface area contributed by atoms with Crippen LogP contribution in [-0.2, 0) is 16.4 Å². The third-order valence-electron chi connectivity index (χ3n) is 5.09. The van der Waals surface area contributed by atoms with Gasteiger partial charge in [-0.05, 0) is 37.3 Å². The van der Waals surface area contributed by atoms with Crippen LogP contribution in [0.4, 0.5) is 0 Å². The van der Waals surface area contributed by atoms with Crippen LogP contribution in [0.5, 0.6) is 0 Å². The Morgan fingerprint density at radius 2 is 2.05 bits per heavy atom. The van der Waals surface area contributed by atoms with Crippen molar-refractivity contribution in [1.82, 2.24) is 9.21 Å². The lowest BCUT2D eigenvalue weighted by Crippen LogP contribution is -2.49. The van der Waals surface area contributed by atoms with Gasteiger partial charge in [0.05, 0.1) is 5.75 Å². The first-order valence-corrected chi connectivity index (χ1v) is 9.41. The lowest BCUT2D eigenvalue weighted by atomic mass is 9.85. The zero-order valence-corrected chi connectivity index (χ0v) is 13.6. The molecular weight excluding hydrogens is 284 g/mol. The van der Waals surface area contributed by atoms with Crippen LogP contribution in [0.15, 0.2) is 24.3 Å². The highest BCUT2D eigenvalue weighted by Gasteiger charge is 2.37. The highest BCUT2D eigenvalue weighted by molar-refractivity contribution is 7.89. The minimum atomic E-state index is -3.10. The normalized spacial score (nSPS) is 26.4. The second-order valence-electron chi connectivity index (χ2n) is 6.10. The molecular formula is C16H24N2O2S. The zero-order valence-electron chi connectivity index (χ0n) is 12.8. The highest BCUT2D eigenvalue weighted by atomic mass is 32.2. The number of piperidine rings is 1. The van der Waals surface area contributed by atoms with E-state index in [0.29, 0.717) is 6.04 Å². The minimum Gasteiger partial charge on any atom is -0.296 e. The third kappa shape index (κ3) is 2.74. The molecule has 0 aliphatic carbocycles. The Hall–Kier alpha value is -0.910. The summed E-state index contributed by atoms with van der Waals surface area (Å²) in [7, 11) is -1.35. The summed E-state index contributed by atoms with van der Waals surface area (Å²) in [6.07, 6.45) is 2.96. The van der Waals surface area contributed by atoms with Gasteiger partial charge in [0.25, 0.3) is 0 Å². The van der Waals surface area contributed by atoms with Gasteiger partial charge in [-0.15, -0.1) is 0 Å². The summed E-state index contributed by atoms with van der Waals surface area (Å²) in [6, 6.07) is 9.12. The number of rotatable bonds is 3. The molecule has 1 fully saturated rings. The van der Waals surface area contributed by atoms with E-state index in [9.17, 15) is 8.42 Å². The van der Waals surface area contributed by atoms with E-state index in [0.717, 1.165) is 32.4 Å². The standard InChI is InChI=1S/C16H24N2O2S/c1-3-21(19,20)17(2)14-9-11-18-10-8-13-6-4-5-7-15(13)16(18)12-14/h4-7,14,16H,3,8-12H2,1-2H3. The number of hydrogen-bond acceptors (Lipinski definition) is 3. The maximum absolute atomic E-state index is 12.1. The molecule has 4 nitrogen and oxygen atoms in total. The maximum Gasteiger partial charge on any atom is 0.213 e. The number of fused-ring (bicyclic) bond motifs is 3. The van der Waals surface area contributed by atoms with Gasteiger partial charge in [0.2, 0.25) is 10.0 Å². The smallest absolute Gasteiger partial charge is 0.213 e. The first kappa shape index (κ1) is 15.0. The topological polar surface area (TPSA) is 40.6 Å². The average Bonchev–Trinajstić information content (AvgIpc) is 2.53.